The van der Waals surface area contributed by atoms with E-state index in [1.54, 1.807) is 23.5 Å². The van der Waals surface area contributed by atoms with E-state index in [0.717, 1.165) is 57.7 Å². The minimum Gasteiger partial charge on any atom is -0.274 e. The zero-order chi connectivity index (χ0) is 23.2. The van der Waals surface area contributed by atoms with Crippen LogP contribution < -0.4 is 0 Å². The minimum absolute atomic E-state index is 0.543. The van der Waals surface area contributed by atoms with Gasteiger partial charge in [0.1, 0.15) is 11.6 Å². The third kappa shape index (κ3) is 5.50. The first-order valence-electron chi connectivity index (χ1n) is 11.4. The average Bonchev–Trinajstić information content (AvgIpc) is 3.40. The standard InChI is InChI=1S/C25H30N6S2/c1-5-13-32-24-28-26-22(30(24)20-11-7-9-18(3)15-20)17-23-27-29-25(33-14-6-2)31(23)21-12-8-10-19(4)16-21/h7-12,15-16H,5-6,13-14,17H2,1-4H3. The van der Waals surface area contributed by atoms with Gasteiger partial charge in [-0.25, -0.2) is 0 Å². The van der Waals surface area contributed by atoms with Crippen molar-refractivity contribution in [3.05, 3.63) is 71.3 Å². The lowest BCUT2D eigenvalue weighted by molar-refractivity contribution is 0.790. The molecule has 2 heterocycles. The van der Waals surface area contributed by atoms with Crippen molar-refractivity contribution in [3.8, 4) is 11.4 Å². The van der Waals surface area contributed by atoms with E-state index in [1.807, 2.05) is 0 Å². The van der Waals surface area contributed by atoms with Crippen LogP contribution >= 0.6 is 23.5 Å². The Morgan fingerprint density at radius 1 is 0.667 bits per heavy atom. The summed E-state index contributed by atoms with van der Waals surface area (Å²) < 4.78 is 4.34. The van der Waals surface area contributed by atoms with Gasteiger partial charge in [0.15, 0.2) is 10.3 Å². The van der Waals surface area contributed by atoms with Gasteiger partial charge < -0.3 is 0 Å². The van der Waals surface area contributed by atoms with Crippen molar-refractivity contribution in [3.63, 3.8) is 0 Å². The molecule has 0 unspecified atom stereocenters. The fraction of sp³-hybridized carbons (Fsp3) is 0.360. The second kappa shape index (κ2) is 11.0. The molecule has 0 aliphatic carbocycles. The SMILES string of the molecule is CCCSc1nnc(Cc2nnc(SCCC)n2-c2cccc(C)c2)n1-c1cccc(C)c1. The smallest absolute Gasteiger partial charge is 0.195 e. The van der Waals surface area contributed by atoms with Crippen molar-refractivity contribution in [2.75, 3.05) is 11.5 Å². The minimum atomic E-state index is 0.543. The van der Waals surface area contributed by atoms with E-state index in [4.69, 9.17) is 0 Å². The van der Waals surface area contributed by atoms with Gasteiger partial charge in [-0.3, -0.25) is 9.13 Å². The molecule has 33 heavy (non-hydrogen) atoms. The first-order valence-corrected chi connectivity index (χ1v) is 13.4. The highest BCUT2D eigenvalue weighted by Crippen LogP contribution is 2.27. The number of rotatable bonds is 10. The molecule has 0 amide bonds. The Bertz CT molecular complexity index is 1120. The molecule has 0 atom stereocenters. The van der Waals surface area contributed by atoms with Gasteiger partial charge in [0.25, 0.3) is 0 Å². The number of hydrogen-bond acceptors (Lipinski definition) is 6. The summed E-state index contributed by atoms with van der Waals surface area (Å²) in [5.41, 5.74) is 4.58. The van der Waals surface area contributed by atoms with Crippen molar-refractivity contribution in [1.82, 2.24) is 29.5 Å². The van der Waals surface area contributed by atoms with Crippen LogP contribution in [0.25, 0.3) is 11.4 Å². The Hall–Kier alpha value is -2.58. The van der Waals surface area contributed by atoms with E-state index >= 15 is 0 Å². The summed E-state index contributed by atoms with van der Waals surface area (Å²) in [5, 5.41) is 20.1. The number of hydrogen-bond donors (Lipinski definition) is 0. The number of nitrogens with zero attached hydrogens (tertiary/aromatic N) is 6. The van der Waals surface area contributed by atoms with Gasteiger partial charge in [0, 0.05) is 22.9 Å². The highest BCUT2D eigenvalue weighted by molar-refractivity contribution is 7.99. The van der Waals surface area contributed by atoms with Crippen LogP contribution in [0, 0.1) is 13.8 Å². The lowest BCUT2D eigenvalue weighted by Crippen LogP contribution is -2.09. The van der Waals surface area contributed by atoms with Crippen molar-refractivity contribution >= 4 is 23.5 Å². The summed E-state index contributed by atoms with van der Waals surface area (Å²) in [4.78, 5) is 0. The molecule has 0 saturated carbocycles. The van der Waals surface area contributed by atoms with Gasteiger partial charge in [0.2, 0.25) is 0 Å². The molecular weight excluding hydrogens is 448 g/mol. The van der Waals surface area contributed by atoms with E-state index < -0.39 is 0 Å². The highest BCUT2D eigenvalue weighted by Gasteiger charge is 2.20. The normalized spacial score (nSPS) is 11.3. The van der Waals surface area contributed by atoms with Crippen LogP contribution in [-0.4, -0.2) is 41.0 Å². The fourth-order valence-electron chi connectivity index (χ4n) is 3.60. The lowest BCUT2D eigenvalue weighted by Gasteiger charge is -2.13. The topological polar surface area (TPSA) is 61.4 Å². The Balaban J connectivity index is 1.78. The van der Waals surface area contributed by atoms with E-state index in [9.17, 15) is 0 Å². The Morgan fingerprint density at radius 3 is 1.52 bits per heavy atom. The predicted molar refractivity (Wildman–Crippen MR) is 137 cm³/mol. The van der Waals surface area contributed by atoms with Gasteiger partial charge in [-0.05, 0) is 62.1 Å². The Labute approximate surface area is 204 Å². The van der Waals surface area contributed by atoms with E-state index in [2.05, 4.69) is 106 Å². The second-order valence-electron chi connectivity index (χ2n) is 8.02. The molecule has 172 valence electrons. The van der Waals surface area contributed by atoms with Crippen LogP contribution in [0.4, 0.5) is 0 Å². The fourth-order valence-corrected chi connectivity index (χ4v) is 5.25. The molecule has 0 spiro atoms. The summed E-state index contributed by atoms with van der Waals surface area (Å²) in [5.74, 6) is 3.74. The maximum atomic E-state index is 4.60. The van der Waals surface area contributed by atoms with Crippen molar-refractivity contribution in [1.29, 1.82) is 0 Å². The largest absolute Gasteiger partial charge is 0.274 e. The first kappa shape index (κ1) is 23.6. The summed E-state index contributed by atoms with van der Waals surface area (Å²) in [6, 6.07) is 17.0. The van der Waals surface area contributed by atoms with Crippen molar-refractivity contribution < 1.29 is 0 Å². The molecular formula is C25H30N6S2. The molecule has 8 heteroatoms. The molecule has 2 aromatic carbocycles. The number of aromatic nitrogens is 6. The third-order valence-corrected chi connectivity index (χ3v) is 7.38. The molecule has 0 bridgehead atoms. The Kier molecular flexibility index (Phi) is 7.88. The number of benzene rings is 2. The van der Waals surface area contributed by atoms with E-state index in [-0.39, 0.29) is 0 Å². The van der Waals surface area contributed by atoms with Crippen LogP contribution in [0.2, 0.25) is 0 Å². The number of aryl methyl sites for hydroxylation is 2. The summed E-state index contributed by atoms with van der Waals surface area (Å²) >= 11 is 3.48. The predicted octanol–water partition coefficient (Wildman–Crippen LogP) is 6.06. The van der Waals surface area contributed by atoms with Crippen LogP contribution in [0.5, 0.6) is 0 Å². The van der Waals surface area contributed by atoms with Gasteiger partial charge in [-0.1, -0.05) is 61.6 Å². The third-order valence-electron chi connectivity index (χ3n) is 5.11. The molecule has 0 saturated heterocycles. The van der Waals surface area contributed by atoms with Gasteiger partial charge in [-0.2, -0.15) is 0 Å². The second-order valence-corrected chi connectivity index (χ2v) is 10.1. The maximum Gasteiger partial charge on any atom is 0.195 e. The Morgan fingerprint density at radius 2 is 1.12 bits per heavy atom. The quantitative estimate of drug-likeness (QED) is 0.258. The van der Waals surface area contributed by atoms with Crippen LogP contribution in [0.1, 0.15) is 49.5 Å². The molecule has 6 nitrogen and oxygen atoms in total. The lowest BCUT2D eigenvalue weighted by atomic mass is 10.2. The molecule has 0 aliphatic heterocycles. The molecule has 0 fully saturated rings. The van der Waals surface area contributed by atoms with E-state index in [1.165, 1.54) is 11.1 Å². The maximum absolute atomic E-state index is 4.60. The molecule has 0 N–H and O–H groups in total. The summed E-state index contributed by atoms with van der Waals surface area (Å²) in [6.07, 6.45) is 2.71. The molecule has 0 radical (unpaired) electrons. The summed E-state index contributed by atoms with van der Waals surface area (Å²) in [7, 11) is 0. The van der Waals surface area contributed by atoms with Gasteiger partial charge in [0.05, 0.1) is 6.42 Å². The number of thioether (sulfide) groups is 2. The van der Waals surface area contributed by atoms with Crippen LogP contribution in [0.15, 0.2) is 58.8 Å². The van der Waals surface area contributed by atoms with Crippen molar-refractivity contribution in [2.24, 2.45) is 0 Å². The zero-order valence-electron chi connectivity index (χ0n) is 19.7. The van der Waals surface area contributed by atoms with Crippen LogP contribution in [0.3, 0.4) is 0 Å². The first-order chi connectivity index (χ1) is 16.1. The van der Waals surface area contributed by atoms with Gasteiger partial charge in [-0.15, -0.1) is 20.4 Å². The molecule has 0 aliphatic rings. The molecule has 4 aromatic rings. The van der Waals surface area contributed by atoms with Gasteiger partial charge >= 0.3 is 0 Å². The monoisotopic (exact) mass is 478 g/mol. The van der Waals surface area contributed by atoms with E-state index in [0.29, 0.717) is 6.42 Å². The highest BCUT2D eigenvalue weighted by atomic mass is 32.2. The van der Waals surface area contributed by atoms with Crippen LogP contribution in [-0.2, 0) is 6.42 Å². The zero-order valence-corrected chi connectivity index (χ0v) is 21.3. The molecule has 4 rings (SSSR count). The average molecular weight is 479 g/mol. The summed E-state index contributed by atoms with van der Waals surface area (Å²) in [6.45, 7) is 8.58. The van der Waals surface area contributed by atoms with Crippen molar-refractivity contribution in [2.45, 2.75) is 57.3 Å². The molecule has 2 aromatic heterocycles.